The van der Waals surface area contributed by atoms with Gasteiger partial charge in [-0.25, -0.2) is 0 Å². The summed E-state index contributed by atoms with van der Waals surface area (Å²) in [4.78, 5) is 12.4. The average molecular weight is 299 g/mol. The van der Waals surface area contributed by atoms with E-state index in [0.717, 1.165) is 5.56 Å². The Hall–Kier alpha value is -2.17. The minimum Gasteiger partial charge on any atom is -0.382 e. The number of carbonyl (C=O) groups is 1. The third-order valence-electron chi connectivity index (χ3n) is 3.61. The number of amides is 1. The smallest absolute Gasteiger partial charge is 0.254 e. The van der Waals surface area contributed by atoms with Crippen molar-refractivity contribution >= 4 is 5.91 Å². The normalized spacial score (nSPS) is 14.9. The largest absolute Gasteiger partial charge is 0.382 e. The molecule has 2 aromatic carbocycles. The Morgan fingerprint density at radius 2 is 1.68 bits per heavy atom. The van der Waals surface area contributed by atoms with Crippen LogP contribution in [0.5, 0.6) is 0 Å². The lowest BCUT2D eigenvalue weighted by Crippen LogP contribution is -2.48. The maximum absolute atomic E-state index is 12.4. The maximum atomic E-state index is 12.4. The zero-order chi connectivity index (χ0) is 16.0. The number of hydrogen-bond donors (Lipinski definition) is 2. The lowest BCUT2D eigenvalue weighted by molar-refractivity contribution is -0.132. The Kier molecular flexibility index (Phi) is 5.31. The predicted molar refractivity (Wildman–Crippen MR) is 85.2 cm³/mol. The Morgan fingerprint density at radius 1 is 1.14 bits per heavy atom. The van der Waals surface area contributed by atoms with E-state index < -0.39 is 17.6 Å². The van der Waals surface area contributed by atoms with Gasteiger partial charge in [-0.2, -0.15) is 0 Å². The molecule has 0 aliphatic heterocycles. The fraction of sp³-hybridized carbons (Fsp3) is 0.278. The van der Waals surface area contributed by atoms with E-state index in [1.807, 2.05) is 43.3 Å². The highest BCUT2D eigenvalue weighted by Gasteiger charge is 2.31. The van der Waals surface area contributed by atoms with Crippen LogP contribution in [0.1, 0.15) is 24.2 Å². The van der Waals surface area contributed by atoms with Gasteiger partial charge in [-0.1, -0.05) is 60.7 Å². The highest BCUT2D eigenvalue weighted by molar-refractivity contribution is 5.82. The Balaban J connectivity index is 2.19. The summed E-state index contributed by atoms with van der Waals surface area (Å²) < 4.78 is 5.25. The van der Waals surface area contributed by atoms with Crippen LogP contribution in [0.25, 0.3) is 0 Å². The molecule has 0 saturated heterocycles. The molecule has 1 amide bonds. The molecule has 116 valence electrons. The van der Waals surface area contributed by atoms with Crippen LogP contribution in [0, 0.1) is 0 Å². The number of ether oxygens (including phenoxy) is 1. The molecule has 4 nitrogen and oxygen atoms in total. The molecule has 0 aromatic heterocycles. The summed E-state index contributed by atoms with van der Waals surface area (Å²) in [6, 6.07) is 18.4. The molecule has 2 N–H and O–H groups in total. The van der Waals surface area contributed by atoms with Crippen LogP contribution in [0.15, 0.2) is 60.7 Å². The first-order valence-corrected chi connectivity index (χ1v) is 7.16. The molecule has 0 fully saturated rings. The van der Waals surface area contributed by atoms with Gasteiger partial charge in [0.2, 0.25) is 0 Å². The zero-order valence-electron chi connectivity index (χ0n) is 12.8. The molecule has 22 heavy (non-hydrogen) atoms. The summed E-state index contributed by atoms with van der Waals surface area (Å²) in [6.45, 7) is 2.19. The van der Waals surface area contributed by atoms with Gasteiger partial charge in [0.05, 0.1) is 12.1 Å². The second-order valence-corrected chi connectivity index (χ2v) is 5.43. The monoisotopic (exact) mass is 299 g/mol. The van der Waals surface area contributed by atoms with E-state index in [1.54, 1.807) is 31.4 Å². The van der Waals surface area contributed by atoms with Crippen LogP contribution in [0.4, 0.5) is 0 Å². The number of rotatable bonds is 6. The number of methoxy groups -OCH3 is 1. The molecule has 0 heterocycles. The van der Waals surface area contributed by atoms with Gasteiger partial charge in [-0.05, 0) is 18.1 Å². The molecule has 2 aromatic rings. The van der Waals surface area contributed by atoms with Crippen LogP contribution in [0.3, 0.4) is 0 Å². The van der Waals surface area contributed by atoms with Gasteiger partial charge in [-0.15, -0.1) is 0 Å². The molecule has 0 bridgehead atoms. The van der Waals surface area contributed by atoms with E-state index in [2.05, 4.69) is 5.32 Å². The van der Waals surface area contributed by atoms with Gasteiger partial charge in [0.15, 0.2) is 6.10 Å². The van der Waals surface area contributed by atoms with Gasteiger partial charge in [-0.3, -0.25) is 4.79 Å². The van der Waals surface area contributed by atoms with E-state index in [-0.39, 0.29) is 0 Å². The third-order valence-corrected chi connectivity index (χ3v) is 3.61. The lowest BCUT2D eigenvalue weighted by atomic mass is 9.92. The van der Waals surface area contributed by atoms with Crippen molar-refractivity contribution in [3.8, 4) is 0 Å². The van der Waals surface area contributed by atoms with Crippen molar-refractivity contribution in [1.82, 2.24) is 5.32 Å². The fourth-order valence-corrected chi connectivity index (χ4v) is 2.41. The summed E-state index contributed by atoms with van der Waals surface area (Å²) in [5, 5.41) is 13.1. The second-order valence-electron chi connectivity index (χ2n) is 5.43. The van der Waals surface area contributed by atoms with Crippen LogP contribution in [0.2, 0.25) is 0 Å². The summed E-state index contributed by atoms with van der Waals surface area (Å²) in [5.74, 6) is -0.449. The molecule has 0 aliphatic rings. The maximum Gasteiger partial charge on any atom is 0.254 e. The molecule has 0 saturated carbocycles. The Labute approximate surface area is 130 Å². The van der Waals surface area contributed by atoms with Gasteiger partial charge < -0.3 is 15.2 Å². The number of hydrogen-bond acceptors (Lipinski definition) is 3. The van der Waals surface area contributed by atoms with Gasteiger partial charge >= 0.3 is 0 Å². The molecular formula is C18H21NO3. The zero-order valence-corrected chi connectivity index (χ0v) is 12.8. The minimum absolute atomic E-state index is 0.310. The third kappa shape index (κ3) is 3.72. The first kappa shape index (κ1) is 16.2. The lowest BCUT2D eigenvalue weighted by Gasteiger charge is -2.31. The van der Waals surface area contributed by atoms with Crippen LogP contribution in [-0.4, -0.2) is 24.7 Å². The summed E-state index contributed by atoms with van der Waals surface area (Å²) in [6.07, 6.45) is -1.21. The first-order valence-electron chi connectivity index (χ1n) is 7.16. The van der Waals surface area contributed by atoms with Gasteiger partial charge in [0.25, 0.3) is 5.91 Å². The van der Waals surface area contributed by atoms with Crippen molar-refractivity contribution < 1.29 is 14.6 Å². The summed E-state index contributed by atoms with van der Waals surface area (Å²) in [7, 11) is 1.58. The van der Waals surface area contributed by atoms with E-state index >= 15 is 0 Å². The van der Waals surface area contributed by atoms with Crippen molar-refractivity contribution in [2.45, 2.75) is 18.6 Å². The second kappa shape index (κ2) is 7.20. The van der Waals surface area contributed by atoms with E-state index in [0.29, 0.717) is 12.2 Å². The SMILES string of the molecule is COCC(C)(NC(=O)C(O)c1ccccc1)c1ccccc1. The topological polar surface area (TPSA) is 58.6 Å². The summed E-state index contributed by atoms with van der Waals surface area (Å²) >= 11 is 0. The van der Waals surface area contributed by atoms with Crippen molar-refractivity contribution in [1.29, 1.82) is 0 Å². The average Bonchev–Trinajstić information content (AvgIpc) is 2.56. The van der Waals surface area contributed by atoms with E-state index in [4.69, 9.17) is 4.74 Å². The number of nitrogens with one attached hydrogen (secondary N) is 1. The van der Waals surface area contributed by atoms with Gasteiger partial charge in [0, 0.05) is 7.11 Å². The highest BCUT2D eigenvalue weighted by Crippen LogP contribution is 2.23. The molecule has 4 heteroatoms. The standard InChI is InChI=1S/C18H21NO3/c1-18(13-22-2,15-11-7-4-8-12-15)19-17(21)16(20)14-9-5-3-6-10-14/h3-12,16,20H,13H2,1-2H3,(H,19,21). The van der Waals surface area contributed by atoms with Crippen molar-refractivity contribution in [2.24, 2.45) is 0 Å². The van der Waals surface area contributed by atoms with E-state index in [1.165, 1.54) is 0 Å². The molecule has 0 radical (unpaired) electrons. The predicted octanol–water partition coefficient (Wildman–Crippen LogP) is 2.40. The number of aliphatic hydroxyl groups excluding tert-OH is 1. The molecule has 2 unspecified atom stereocenters. The fourth-order valence-electron chi connectivity index (χ4n) is 2.41. The van der Waals surface area contributed by atoms with Gasteiger partial charge in [0.1, 0.15) is 0 Å². The summed E-state index contributed by atoms with van der Waals surface area (Å²) in [5.41, 5.74) is 0.779. The Morgan fingerprint density at radius 3 is 2.23 bits per heavy atom. The molecule has 2 rings (SSSR count). The van der Waals surface area contributed by atoms with Crippen molar-refractivity contribution in [3.63, 3.8) is 0 Å². The number of benzene rings is 2. The van der Waals surface area contributed by atoms with Crippen molar-refractivity contribution in [3.05, 3.63) is 71.8 Å². The molecule has 2 atom stereocenters. The molecular weight excluding hydrogens is 278 g/mol. The molecule has 0 aliphatic carbocycles. The van der Waals surface area contributed by atoms with Crippen LogP contribution < -0.4 is 5.32 Å². The van der Waals surface area contributed by atoms with E-state index in [9.17, 15) is 9.90 Å². The highest BCUT2D eigenvalue weighted by atomic mass is 16.5. The first-order chi connectivity index (χ1) is 10.6. The van der Waals surface area contributed by atoms with Crippen LogP contribution in [-0.2, 0) is 15.1 Å². The van der Waals surface area contributed by atoms with Crippen LogP contribution >= 0.6 is 0 Å². The number of carbonyl (C=O) groups excluding carboxylic acids is 1. The number of aliphatic hydroxyl groups is 1. The minimum atomic E-state index is -1.21. The quantitative estimate of drug-likeness (QED) is 0.861. The molecule has 0 spiro atoms. The Bertz CT molecular complexity index is 600. The van der Waals surface area contributed by atoms with Crippen molar-refractivity contribution in [2.75, 3.05) is 13.7 Å².